The standard InChI is InChI=1S/C44H90N4O21.C42H86N2O20.C2H6N2O2/c1-42(49)47-2-4-51-6-8-53-10-12-55-14-16-57-18-20-59-22-24-61-26-28-63-30-32-65-34-36-67-38-40-69-41-39-68-37-35-66-33-31-64-29-27-62-25-23-60-21-19-58-17-15-56-13-11-54-9-7-52-5-3-48-44(50)43(45)46;1-42(45)44-3-5-47-7-9-49-11-13-51-15-17-53-19-21-55-23-25-57-27-29-59-31-33-61-35-37-63-39-41-64-40-38-62-36-34-60-32-30-58-28-26-56-24-22-54-20-18-52-16-14-50-12-10-48-8-6-46-4-2-43;3-1(4)2(5)6/h43H,2-41,45-46H2,1H3,(H,47,49)(H,48,50);2-41,43H2,1H3,(H,44,45);1H,3-4H2,(H,5,6). The summed E-state index contributed by atoms with van der Waals surface area (Å²) < 4.78 is 207. The van der Waals surface area contributed by atoms with Gasteiger partial charge < -0.3 is 230 Å². The molecule has 0 aliphatic carbocycles. The zero-order chi connectivity index (χ0) is 101. The number of carbonyl (C=O) groups excluding carboxylic acids is 3. The topological polar surface area (TPSA) is 605 Å². The predicted octanol–water partition coefficient (Wildman–Crippen LogP) is -4.49. The number of aliphatic carboxylic acids is 1. The lowest BCUT2D eigenvalue weighted by Gasteiger charge is -2.09. The molecule has 0 heterocycles. The Morgan fingerprint density at radius 2 is 0.252 bits per heavy atom. The van der Waals surface area contributed by atoms with E-state index in [2.05, 4.69) is 27.4 Å². The average molecular weight is 2040 g/mol. The predicted molar refractivity (Wildman–Crippen MR) is 503 cm³/mol. The first-order valence-electron chi connectivity index (χ1n) is 48.1. The Morgan fingerprint density at radius 1 is 0.165 bits per heavy atom. The molecule has 0 saturated heterocycles. The Hall–Kier alpha value is -3.84. The number of ether oxygens (including phenoxy) is 38. The van der Waals surface area contributed by atoms with Gasteiger partial charge in [0.2, 0.25) is 11.8 Å². The lowest BCUT2D eigenvalue weighted by molar-refractivity contribution is -0.138. The lowest BCUT2D eigenvalue weighted by Crippen LogP contribution is -2.47. The highest BCUT2D eigenvalue weighted by atomic mass is 16.6. The van der Waals surface area contributed by atoms with Gasteiger partial charge in [0.25, 0.3) is 5.91 Å². The first kappa shape index (κ1) is 139. The maximum Gasteiger partial charge on any atom is 0.335 e. The number of nitrogens with two attached hydrogens (primary N) is 5. The number of carboxylic acids is 1. The number of carboxylic acid groups (broad SMARTS) is 1. The molecule has 0 rings (SSSR count). The summed E-state index contributed by atoms with van der Waals surface area (Å²) >= 11 is 0. The fourth-order valence-electron chi connectivity index (χ4n) is 9.17. The van der Waals surface area contributed by atoms with Crippen LogP contribution in [0.5, 0.6) is 0 Å². The van der Waals surface area contributed by atoms with E-state index in [4.69, 9.17) is 202 Å². The Bertz CT molecular complexity index is 2330. The van der Waals surface area contributed by atoms with Crippen molar-refractivity contribution in [3.8, 4) is 0 Å². The normalized spacial score (nSPS) is 11.5. The van der Waals surface area contributed by atoms with Crippen LogP contribution >= 0.6 is 0 Å². The van der Waals surface area contributed by atoms with Crippen molar-refractivity contribution in [3.05, 3.63) is 0 Å². The van der Waals surface area contributed by atoms with Crippen molar-refractivity contribution in [2.24, 2.45) is 28.7 Å². The number of rotatable bonds is 121. The first-order valence-corrected chi connectivity index (χ1v) is 48.1. The lowest BCUT2D eigenvalue weighted by atomic mass is 10.5. The van der Waals surface area contributed by atoms with E-state index < -0.39 is 24.2 Å². The number of nitrogens with one attached hydrogen (secondary N) is 3. The van der Waals surface area contributed by atoms with Gasteiger partial charge in [-0.15, -0.1) is 0 Å². The number of amides is 3. The van der Waals surface area contributed by atoms with E-state index in [1.165, 1.54) is 13.8 Å². The third-order valence-corrected chi connectivity index (χ3v) is 16.0. The zero-order valence-electron chi connectivity index (χ0n) is 83.7. The number of hydrogen-bond donors (Lipinski definition) is 9. The SMILES string of the molecule is CC(=O)NCCOCCOCCOCCOCCOCCOCCOCCOCCOCCOCCOCCOCCOCCOCCOCCOCCOCCOCCOCCN.CC(=O)NCCOCCOCCOCCOCCOCCOCCOCCOCCOCCOCCOCCOCCOCCOCCOCCOCCOCCOCCOCCNC(=O)C(N)N.NC(N)C(=O)O. The van der Waals surface area contributed by atoms with Crippen molar-refractivity contribution in [1.29, 1.82) is 0 Å². The summed E-state index contributed by atoms with van der Waals surface area (Å²) in [6.07, 6.45) is -2.25. The van der Waals surface area contributed by atoms with Crippen molar-refractivity contribution < 1.29 is 204 Å². The maximum absolute atomic E-state index is 11.2. The molecule has 0 fully saturated rings. The fraction of sp³-hybridized carbons (Fsp3) is 0.955. The highest BCUT2D eigenvalue weighted by Gasteiger charge is 2.09. The molecule has 14 N–H and O–H groups in total. The van der Waals surface area contributed by atoms with Gasteiger partial charge in [-0.25, -0.2) is 4.79 Å². The molecular weight excluding hydrogens is 1860 g/mol. The molecule has 139 heavy (non-hydrogen) atoms. The van der Waals surface area contributed by atoms with Crippen LogP contribution in [0.1, 0.15) is 13.8 Å². The van der Waals surface area contributed by atoms with Gasteiger partial charge in [0.05, 0.1) is 502 Å². The molecule has 0 aliphatic heterocycles. The molecule has 0 radical (unpaired) electrons. The summed E-state index contributed by atoms with van der Waals surface area (Å²) in [6, 6.07) is 0. The van der Waals surface area contributed by atoms with E-state index in [1.54, 1.807) is 0 Å². The van der Waals surface area contributed by atoms with E-state index >= 15 is 0 Å². The number of carbonyl (C=O) groups is 4. The molecule has 0 aromatic carbocycles. The van der Waals surface area contributed by atoms with E-state index in [1.807, 2.05) is 0 Å². The minimum absolute atomic E-state index is 0.0657. The second-order valence-electron chi connectivity index (χ2n) is 27.7. The molecule has 0 aromatic rings. The molecule has 0 spiro atoms. The Balaban J connectivity index is -0.00000251. The van der Waals surface area contributed by atoms with Crippen molar-refractivity contribution in [3.63, 3.8) is 0 Å². The van der Waals surface area contributed by atoms with E-state index in [0.29, 0.717) is 528 Å². The molecule has 51 heteroatoms. The van der Waals surface area contributed by atoms with Crippen LogP contribution in [0.4, 0.5) is 0 Å². The molecule has 0 aromatic heterocycles. The van der Waals surface area contributed by atoms with Crippen LogP contribution in [0.2, 0.25) is 0 Å². The second-order valence-corrected chi connectivity index (χ2v) is 27.7. The van der Waals surface area contributed by atoms with Gasteiger partial charge in [-0.05, 0) is 0 Å². The monoisotopic (exact) mass is 2040 g/mol. The summed E-state index contributed by atoms with van der Waals surface area (Å²) in [5.41, 5.74) is 25.0. The molecule has 0 aliphatic rings. The van der Waals surface area contributed by atoms with Gasteiger partial charge in [-0.1, -0.05) is 0 Å². The molecule has 0 atom stereocenters. The van der Waals surface area contributed by atoms with Crippen molar-refractivity contribution >= 4 is 23.7 Å². The Labute approximate surface area is 824 Å². The average Bonchev–Trinajstić information content (AvgIpc) is 1.01. The minimum atomic E-state index is -1.23. The van der Waals surface area contributed by atoms with Crippen LogP contribution in [0.15, 0.2) is 0 Å². The summed E-state index contributed by atoms with van der Waals surface area (Å²) in [4.78, 5) is 42.1. The van der Waals surface area contributed by atoms with Crippen LogP contribution in [-0.4, -0.2) is 569 Å². The van der Waals surface area contributed by atoms with Gasteiger partial charge in [0.1, 0.15) is 6.17 Å². The highest BCUT2D eigenvalue weighted by molar-refractivity contribution is 5.80. The summed E-state index contributed by atoms with van der Waals surface area (Å²) in [5.74, 6) is -1.74. The maximum atomic E-state index is 11.2. The summed E-state index contributed by atoms with van der Waals surface area (Å²) in [7, 11) is 0. The van der Waals surface area contributed by atoms with Crippen LogP contribution in [0, 0.1) is 0 Å². The molecule has 0 unspecified atom stereocenters. The van der Waals surface area contributed by atoms with Gasteiger partial charge in [0.15, 0.2) is 6.17 Å². The van der Waals surface area contributed by atoms with Crippen molar-refractivity contribution in [1.82, 2.24) is 16.0 Å². The van der Waals surface area contributed by atoms with Crippen LogP contribution in [-0.2, 0) is 199 Å². The van der Waals surface area contributed by atoms with Crippen LogP contribution in [0.25, 0.3) is 0 Å². The zero-order valence-corrected chi connectivity index (χ0v) is 83.7. The highest BCUT2D eigenvalue weighted by Crippen LogP contribution is 1.96. The van der Waals surface area contributed by atoms with E-state index in [0.717, 1.165) is 0 Å². The first-order chi connectivity index (χ1) is 68.4. The smallest absolute Gasteiger partial charge is 0.335 e. The van der Waals surface area contributed by atoms with Crippen LogP contribution in [0.3, 0.4) is 0 Å². The van der Waals surface area contributed by atoms with Crippen molar-refractivity contribution in [2.75, 3.05) is 528 Å². The van der Waals surface area contributed by atoms with Gasteiger partial charge in [0, 0.05) is 40.0 Å². The third-order valence-electron chi connectivity index (χ3n) is 16.0. The molecule has 0 bridgehead atoms. The fourth-order valence-corrected chi connectivity index (χ4v) is 9.17. The minimum Gasteiger partial charge on any atom is -0.479 e. The van der Waals surface area contributed by atoms with E-state index in [-0.39, 0.29) is 11.8 Å². The van der Waals surface area contributed by atoms with Crippen LogP contribution < -0.4 is 44.6 Å². The number of hydrogen-bond acceptors (Lipinski definition) is 47. The molecule has 0 saturated carbocycles. The van der Waals surface area contributed by atoms with Crippen molar-refractivity contribution in [2.45, 2.75) is 26.2 Å². The largest absolute Gasteiger partial charge is 0.479 e. The van der Waals surface area contributed by atoms with Gasteiger partial charge in [-0.3, -0.25) is 14.4 Å². The van der Waals surface area contributed by atoms with Gasteiger partial charge >= 0.3 is 5.97 Å². The Morgan fingerprint density at radius 3 is 0.331 bits per heavy atom. The second kappa shape index (κ2) is 130. The molecule has 3 amide bonds. The third kappa shape index (κ3) is 140. The Kier molecular flexibility index (Phi) is 130. The van der Waals surface area contributed by atoms with E-state index in [9.17, 15) is 19.2 Å². The molecular formula is C88H182N8O43. The van der Waals surface area contributed by atoms with Gasteiger partial charge in [-0.2, -0.15) is 0 Å². The molecule has 51 nitrogen and oxygen atoms in total. The summed E-state index contributed by atoms with van der Waals surface area (Å²) in [6.45, 7) is 41.7. The molecule has 832 valence electrons. The quantitative estimate of drug-likeness (QED) is 0.0205. The summed E-state index contributed by atoms with van der Waals surface area (Å²) in [5, 5.41) is 15.6.